The highest BCUT2D eigenvalue weighted by atomic mass is 35.5. The molecule has 3 aliphatic heterocycles. The summed E-state index contributed by atoms with van der Waals surface area (Å²) in [7, 11) is 0. The number of likely N-dealkylation sites (tertiary alicyclic amines) is 2. The number of rotatable bonds is 5. The lowest BCUT2D eigenvalue weighted by Crippen LogP contribution is -2.34. The molecule has 6 nitrogen and oxygen atoms in total. The Kier molecular flexibility index (Phi) is 8.41. The van der Waals surface area contributed by atoms with Gasteiger partial charge < -0.3 is 19.6 Å². The molecular formula is C22H28ClF3N2O4. The maximum absolute atomic E-state index is 12.6. The van der Waals surface area contributed by atoms with Crippen LogP contribution in [0.2, 0.25) is 5.02 Å². The Bertz CT molecular complexity index is 802. The van der Waals surface area contributed by atoms with Gasteiger partial charge in [0.05, 0.1) is 12.7 Å². The van der Waals surface area contributed by atoms with E-state index in [-0.39, 0.29) is 12.0 Å². The number of carboxylic acids is 1. The molecule has 0 aromatic heterocycles. The molecule has 3 heterocycles. The van der Waals surface area contributed by atoms with Crippen LogP contribution in [0.15, 0.2) is 24.3 Å². The molecule has 3 atom stereocenters. The van der Waals surface area contributed by atoms with E-state index in [1.165, 1.54) is 25.9 Å². The van der Waals surface area contributed by atoms with Gasteiger partial charge in [-0.15, -0.1) is 0 Å². The van der Waals surface area contributed by atoms with E-state index in [4.69, 9.17) is 26.2 Å². The molecule has 1 aromatic carbocycles. The van der Waals surface area contributed by atoms with E-state index in [0.717, 1.165) is 36.8 Å². The number of ether oxygens (including phenoxy) is 1. The van der Waals surface area contributed by atoms with Gasteiger partial charge in [-0.25, -0.2) is 4.79 Å². The van der Waals surface area contributed by atoms with Gasteiger partial charge in [0, 0.05) is 42.9 Å². The van der Waals surface area contributed by atoms with E-state index in [0.29, 0.717) is 24.7 Å². The molecule has 1 N–H and O–H groups in total. The number of hydrogen-bond acceptors (Lipinski definition) is 4. The van der Waals surface area contributed by atoms with Crippen LogP contribution in [0.4, 0.5) is 13.2 Å². The molecule has 0 saturated carbocycles. The molecule has 0 unspecified atom stereocenters. The number of aryl methyl sites for hydroxylation is 1. The number of carbonyl (C=O) groups is 2. The third kappa shape index (κ3) is 6.59. The third-order valence-corrected chi connectivity index (χ3v) is 6.66. The summed E-state index contributed by atoms with van der Waals surface area (Å²) in [6.07, 6.45) is -0.942. The van der Waals surface area contributed by atoms with E-state index in [2.05, 4.69) is 4.90 Å². The summed E-state index contributed by atoms with van der Waals surface area (Å²) in [6.45, 7) is 6.10. The van der Waals surface area contributed by atoms with Gasteiger partial charge in [-0.2, -0.15) is 13.2 Å². The van der Waals surface area contributed by atoms with E-state index >= 15 is 0 Å². The zero-order valence-corrected chi connectivity index (χ0v) is 18.4. The molecule has 3 aliphatic rings. The summed E-state index contributed by atoms with van der Waals surface area (Å²) in [6, 6.07) is 7.79. The van der Waals surface area contributed by atoms with E-state index in [1.54, 1.807) is 0 Å². The van der Waals surface area contributed by atoms with Crippen molar-refractivity contribution in [1.82, 2.24) is 9.80 Å². The molecule has 1 amide bonds. The Labute approximate surface area is 190 Å². The van der Waals surface area contributed by atoms with Crippen molar-refractivity contribution >= 4 is 23.5 Å². The summed E-state index contributed by atoms with van der Waals surface area (Å²) < 4.78 is 37.8. The number of benzene rings is 1. The van der Waals surface area contributed by atoms with Crippen molar-refractivity contribution in [3.05, 3.63) is 34.9 Å². The fourth-order valence-electron chi connectivity index (χ4n) is 4.59. The molecule has 0 spiro atoms. The van der Waals surface area contributed by atoms with Crippen LogP contribution in [0.3, 0.4) is 0 Å². The largest absolute Gasteiger partial charge is 0.490 e. The maximum atomic E-state index is 12.6. The number of amides is 1. The van der Waals surface area contributed by atoms with Crippen molar-refractivity contribution in [1.29, 1.82) is 0 Å². The minimum atomic E-state index is -5.08. The van der Waals surface area contributed by atoms with Crippen molar-refractivity contribution in [3.63, 3.8) is 0 Å². The third-order valence-electron chi connectivity index (χ3n) is 6.29. The minimum absolute atomic E-state index is 0.234. The SMILES string of the molecule is O=C(CCc1ccccc1Cl)N1C[C@@H]2[C@H](CN3CCCC3)CO[C@@H]2C1.O=C(O)C(F)(F)F. The van der Waals surface area contributed by atoms with Crippen LogP contribution >= 0.6 is 11.6 Å². The Morgan fingerprint density at radius 2 is 1.81 bits per heavy atom. The van der Waals surface area contributed by atoms with Gasteiger partial charge in [0.15, 0.2) is 0 Å². The number of alkyl halides is 3. The quantitative estimate of drug-likeness (QED) is 0.704. The predicted molar refractivity (Wildman–Crippen MR) is 112 cm³/mol. The van der Waals surface area contributed by atoms with Gasteiger partial charge in [0.1, 0.15) is 0 Å². The molecule has 4 rings (SSSR count). The first-order valence-corrected chi connectivity index (χ1v) is 11.2. The zero-order valence-electron chi connectivity index (χ0n) is 17.7. The highest BCUT2D eigenvalue weighted by Gasteiger charge is 2.45. The first-order valence-electron chi connectivity index (χ1n) is 10.8. The molecule has 3 fully saturated rings. The Morgan fingerprint density at radius 3 is 2.44 bits per heavy atom. The number of fused-ring (bicyclic) bond motifs is 1. The molecule has 10 heteroatoms. The molecule has 0 radical (unpaired) electrons. The standard InChI is InChI=1S/C20H27ClN2O2.C2HF3O2/c21-18-6-2-1-5-15(18)7-8-20(24)23-12-17-16(14-25-19(17)13-23)11-22-9-3-4-10-22;3-2(4,5)1(6)7/h1-2,5-6,16-17,19H,3-4,7-14H2;(H,6,7)/t16-,17-,19-;/m1./s1. The second kappa shape index (κ2) is 10.9. The molecule has 1 aromatic rings. The number of nitrogens with zero attached hydrogens (tertiary/aromatic N) is 2. The van der Waals surface area contributed by atoms with Crippen molar-refractivity contribution in [2.45, 2.75) is 38.0 Å². The Morgan fingerprint density at radius 1 is 1.16 bits per heavy atom. The van der Waals surface area contributed by atoms with Crippen LogP contribution in [0, 0.1) is 11.8 Å². The van der Waals surface area contributed by atoms with Gasteiger partial charge in [-0.3, -0.25) is 4.79 Å². The fourth-order valence-corrected chi connectivity index (χ4v) is 4.82. The van der Waals surface area contributed by atoms with Gasteiger partial charge in [-0.05, 0) is 44.0 Å². The Hall–Kier alpha value is -1.84. The molecule has 0 aliphatic carbocycles. The number of aliphatic carboxylic acids is 1. The monoisotopic (exact) mass is 476 g/mol. The van der Waals surface area contributed by atoms with E-state index in [1.807, 2.05) is 29.2 Å². The van der Waals surface area contributed by atoms with Crippen molar-refractivity contribution in [2.24, 2.45) is 11.8 Å². The molecule has 3 saturated heterocycles. The molecule has 32 heavy (non-hydrogen) atoms. The maximum Gasteiger partial charge on any atom is 0.490 e. The predicted octanol–water partition coefficient (Wildman–Crippen LogP) is 3.48. The number of carboxylic acid groups (broad SMARTS) is 1. The second-order valence-corrected chi connectivity index (χ2v) is 8.90. The lowest BCUT2D eigenvalue weighted by Gasteiger charge is -2.24. The van der Waals surface area contributed by atoms with Crippen molar-refractivity contribution in [3.8, 4) is 0 Å². The summed E-state index contributed by atoms with van der Waals surface area (Å²) >= 11 is 6.20. The zero-order chi connectivity index (χ0) is 23.3. The van der Waals surface area contributed by atoms with Gasteiger partial charge in [0.25, 0.3) is 0 Å². The van der Waals surface area contributed by atoms with Gasteiger partial charge in [-0.1, -0.05) is 29.8 Å². The number of hydrogen-bond donors (Lipinski definition) is 1. The topological polar surface area (TPSA) is 70.1 Å². The lowest BCUT2D eigenvalue weighted by molar-refractivity contribution is -0.192. The lowest BCUT2D eigenvalue weighted by atomic mass is 9.93. The number of halogens is 4. The van der Waals surface area contributed by atoms with Crippen LogP contribution in [0.1, 0.15) is 24.8 Å². The van der Waals surface area contributed by atoms with Gasteiger partial charge in [0.2, 0.25) is 5.91 Å². The molecule has 178 valence electrons. The fraction of sp³-hybridized carbons (Fsp3) is 0.636. The van der Waals surface area contributed by atoms with Gasteiger partial charge >= 0.3 is 12.1 Å². The summed E-state index contributed by atoms with van der Waals surface area (Å²) in [4.78, 5) is 26.1. The normalized spacial score (nSPS) is 25.4. The molecule has 0 bridgehead atoms. The smallest absolute Gasteiger partial charge is 0.475 e. The average molecular weight is 477 g/mol. The highest BCUT2D eigenvalue weighted by molar-refractivity contribution is 6.31. The summed E-state index contributed by atoms with van der Waals surface area (Å²) in [5.74, 6) is -1.42. The highest BCUT2D eigenvalue weighted by Crippen LogP contribution is 2.35. The van der Waals surface area contributed by atoms with Crippen molar-refractivity contribution in [2.75, 3.05) is 39.3 Å². The Balaban J connectivity index is 0.000000360. The van der Waals surface area contributed by atoms with Crippen molar-refractivity contribution < 1.29 is 32.6 Å². The van der Waals surface area contributed by atoms with E-state index < -0.39 is 12.1 Å². The van der Waals surface area contributed by atoms with Crippen LogP contribution in [0.25, 0.3) is 0 Å². The second-order valence-electron chi connectivity index (χ2n) is 8.50. The first kappa shape index (κ1) is 24.8. The van der Waals surface area contributed by atoms with Crippen LogP contribution < -0.4 is 0 Å². The first-order chi connectivity index (χ1) is 15.1. The van der Waals surface area contributed by atoms with Crippen LogP contribution in [0.5, 0.6) is 0 Å². The summed E-state index contributed by atoms with van der Waals surface area (Å²) in [5.41, 5.74) is 1.06. The van der Waals surface area contributed by atoms with E-state index in [9.17, 15) is 18.0 Å². The summed E-state index contributed by atoms with van der Waals surface area (Å²) in [5, 5.41) is 7.88. The minimum Gasteiger partial charge on any atom is -0.475 e. The number of carbonyl (C=O) groups excluding carboxylic acids is 1. The van der Waals surface area contributed by atoms with Crippen LogP contribution in [-0.4, -0.2) is 78.4 Å². The average Bonchev–Trinajstić information content (AvgIpc) is 3.46. The molecular weight excluding hydrogens is 449 g/mol. The van der Waals surface area contributed by atoms with Crippen LogP contribution in [-0.2, 0) is 20.7 Å².